The first-order chi connectivity index (χ1) is 5.33. The molecule has 11 heavy (non-hydrogen) atoms. The van der Waals surface area contributed by atoms with Crippen LogP contribution < -0.4 is 0 Å². The zero-order valence-corrected chi connectivity index (χ0v) is 7.42. The number of rotatable bonds is 3. The van der Waals surface area contributed by atoms with Crippen LogP contribution in [0.2, 0.25) is 0 Å². The smallest absolute Gasteiger partial charge is 0.0443 e. The molecular weight excluding hydrogens is 138 g/mol. The van der Waals surface area contributed by atoms with Gasteiger partial charge in [-0.1, -0.05) is 6.92 Å². The van der Waals surface area contributed by atoms with Gasteiger partial charge in [-0.3, -0.25) is 0 Å². The fourth-order valence-corrected chi connectivity index (χ4v) is 1.58. The summed E-state index contributed by atoms with van der Waals surface area (Å²) in [5.41, 5.74) is 0. The average Bonchev–Trinajstić information content (AvgIpc) is 2.04. The number of piperidine rings is 1. The highest BCUT2D eigenvalue weighted by Gasteiger charge is 2.14. The Hall–Kier alpha value is -0.0800. The van der Waals surface area contributed by atoms with Gasteiger partial charge < -0.3 is 10.0 Å². The number of hydrogen-bond acceptors (Lipinski definition) is 2. The first-order valence-electron chi connectivity index (χ1n) is 4.66. The lowest BCUT2D eigenvalue weighted by Gasteiger charge is -2.29. The minimum absolute atomic E-state index is 0.339. The van der Waals surface area contributed by atoms with Crippen molar-refractivity contribution in [2.45, 2.75) is 26.2 Å². The molecule has 1 rings (SSSR count). The van der Waals surface area contributed by atoms with E-state index in [2.05, 4.69) is 11.8 Å². The van der Waals surface area contributed by atoms with Gasteiger partial charge in [0.25, 0.3) is 0 Å². The first kappa shape index (κ1) is 9.01. The minimum atomic E-state index is 0.339. The van der Waals surface area contributed by atoms with Gasteiger partial charge in [0.1, 0.15) is 0 Å². The van der Waals surface area contributed by atoms with Crippen molar-refractivity contribution in [2.75, 3.05) is 26.2 Å². The Morgan fingerprint density at radius 2 is 2.00 bits per heavy atom. The maximum absolute atomic E-state index is 8.62. The van der Waals surface area contributed by atoms with E-state index in [9.17, 15) is 0 Å². The van der Waals surface area contributed by atoms with E-state index in [1.54, 1.807) is 0 Å². The molecule has 1 aliphatic rings. The molecule has 1 fully saturated rings. The fraction of sp³-hybridized carbons (Fsp3) is 1.00. The predicted octanol–water partition coefficient (Wildman–Crippen LogP) is 1.10. The van der Waals surface area contributed by atoms with E-state index in [1.165, 1.54) is 25.9 Å². The van der Waals surface area contributed by atoms with Crippen LogP contribution in [-0.4, -0.2) is 36.2 Å². The predicted molar refractivity (Wildman–Crippen MR) is 46.5 cm³/mol. The highest BCUT2D eigenvalue weighted by atomic mass is 16.3. The monoisotopic (exact) mass is 157 g/mol. The van der Waals surface area contributed by atoms with Crippen LogP contribution in [0.25, 0.3) is 0 Å². The zero-order valence-electron chi connectivity index (χ0n) is 7.42. The summed E-state index contributed by atoms with van der Waals surface area (Å²) in [5.74, 6) is 0.917. The quantitative estimate of drug-likeness (QED) is 0.663. The van der Waals surface area contributed by atoms with E-state index in [0.29, 0.717) is 6.61 Å². The molecule has 1 saturated heterocycles. The molecular formula is C9H19NO. The lowest BCUT2D eigenvalue weighted by molar-refractivity contribution is 0.173. The minimum Gasteiger partial charge on any atom is -0.396 e. The molecule has 1 aliphatic heterocycles. The van der Waals surface area contributed by atoms with Crippen LogP contribution in [0.15, 0.2) is 0 Å². The third-order valence-electron chi connectivity index (χ3n) is 2.51. The van der Waals surface area contributed by atoms with Crippen molar-refractivity contribution in [1.29, 1.82) is 0 Å². The molecule has 1 N–H and O–H groups in total. The van der Waals surface area contributed by atoms with E-state index in [0.717, 1.165) is 18.9 Å². The molecule has 0 aromatic rings. The summed E-state index contributed by atoms with van der Waals surface area (Å²) in [6, 6.07) is 0. The summed E-state index contributed by atoms with van der Waals surface area (Å²) in [4.78, 5) is 2.45. The van der Waals surface area contributed by atoms with Crippen molar-refractivity contribution in [3.05, 3.63) is 0 Å². The molecule has 0 radical (unpaired) electrons. The van der Waals surface area contributed by atoms with Gasteiger partial charge in [-0.2, -0.15) is 0 Å². The van der Waals surface area contributed by atoms with Gasteiger partial charge in [0.05, 0.1) is 0 Å². The summed E-state index contributed by atoms with van der Waals surface area (Å²) < 4.78 is 0. The van der Waals surface area contributed by atoms with E-state index in [1.807, 2.05) is 0 Å². The molecule has 2 nitrogen and oxygen atoms in total. The Morgan fingerprint density at radius 3 is 2.55 bits per heavy atom. The number of aliphatic hydroxyl groups is 1. The molecule has 0 aromatic carbocycles. The highest BCUT2D eigenvalue weighted by molar-refractivity contribution is 4.68. The van der Waals surface area contributed by atoms with Crippen LogP contribution in [0.1, 0.15) is 26.2 Å². The molecule has 0 aliphatic carbocycles. The maximum Gasteiger partial charge on any atom is 0.0443 e. The Balaban J connectivity index is 2.07. The lowest BCUT2D eigenvalue weighted by atomic mass is 9.99. The second kappa shape index (κ2) is 4.73. The second-order valence-corrected chi connectivity index (χ2v) is 3.60. The normalized spacial score (nSPS) is 22.4. The largest absolute Gasteiger partial charge is 0.396 e. The second-order valence-electron chi connectivity index (χ2n) is 3.60. The van der Waals surface area contributed by atoms with E-state index >= 15 is 0 Å². The molecule has 66 valence electrons. The standard InChI is InChI=1S/C9H19NO/c1-9-3-6-10(7-4-9)5-2-8-11/h9,11H,2-8H2,1H3. The summed E-state index contributed by atoms with van der Waals surface area (Å²) in [6.07, 6.45) is 3.62. The van der Waals surface area contributed by atoms with Crippen LogP contribution >= 0.6 is 0 Å². The van der Waals surface area contributed by atoms with Crippen molar-refractivity contribution in [1.82, 2.24) is 4.90 Å². The third-order valence-corrected chi connectivity index (χ3v) is 2.51. The van der Waals surface area contributed by atoms with Gasteiger partial charge in [0.15, 0.2) is 0 Å². The third kappa shape index (κ3) is 3.21. The molecule has 1 heterocycles. The molecule has 0 unspecified atom stereocenters. The number of likely N-dealkylation sites (tertiary alicyclic amines) is 1. The van der Waals surface area contributed by atoms with Crippen LogP contribution in [0.3, 0.4) is 0 Å². The lowest BCUT2D eigenvalue weighted by Crippen LogP contribution is -2.33. The zero-order chi connectivity index (χ0) is 8.10. The van der Waals surface area contributed by atoms with Gasteiger partial charge in [0, 0.05) is 13.2 Å². The summed E-state index contributed by atoms with van der Waals surface area (Å²) in [6.45, 7) is 6.22. The van der Waals surface area contributed by atoms with E-state index < -0.39 is 0 Å². The van der Waals surface area contributed by atoms with E-state index in [-0.39, 0.29) is 0 Å². The van der Waals surface area contributed by atoms with Crippen molar-refractivity contribution < 1.29 is 5.11 Å². The van der Waals surface area contributed by atoms with Crippen LogP contribution in [0, 0.1) is 5.92 Å². The molecule has 0 aromatic heterocycles. The van der Waals surface area contributed by atoms with Crippen molar-refractivity contribution in [2.24, 2.45) is 5.92 Å². The molecule has 2 heteroatoms. The maximum atomic E-state index is 8.62. The van der Waals surface area contributed by atoms with Crippen molar-refractivity contribution in [3.63, 3.8) is 0 Å². The highest BCUT2D eigenvalue weighted by Crippen LogP contribution is 2.15. The Bertz CT molecular complexity index is 95.0. The molecule has 0 saturated carbocycles. The van der Waals surface area contributed by atoms with Gasteiger partial charge in [-0.25, -0.2) is 0 Å². The Kier molecular flexibility index (Phi) is 3.87. The van der Waals surface area contributed by atoms with Gasteiger partial charge in [-0.05, 0) is 38.3 Å². The summed E-state index contributed by atoms with van der Waals surface area (Å²) in [5, 5.41) is 8.62. The molecule has 0 atom stereocenters. The van der Waals surface area contributed by atoms with Crippen molar-refractivity contribution in [3.8, 4) is 0 Å². The number of nitrogens with zero attached hydrogens (tertiary/aromatic N) is 1. The topological polar surface area (TPSA) is 23.5 Å². The SMILES string of the molecule is CC1CCN(CCCO)CC1. The molecule has 0 spiro atoms. The van der Waals surface area contributed by atoms with Crippen LogP contribution in [0.5, 0.6) is 0 Å². The van der Waals surface area contributed by atoms with Gasteiger partial charge >= 0.3 is 0 Å². The summed E-state index contributed by atoms with van der Waals surface area (Å²) >= 11 is 0. The van der Waals surface area contributed by atoms with Gasteiger partial charge in [0.2, 0.25) is 0 Å². The number of hydrogen-bond donors (Lipinski definition) is 1. The molecule has 0 amide bonds. The first-order valence-corrected chi connectivity index (χ1v) is 4.66. The Morgan fingerprint density at radius 1 is 1.36 bits per heavy atom. The number of aliphatic hydroxyl groups excluding tert-OH is 1. The van der Waals surface area contributed by atoms with Crippen LogP contribution in [0.4, 0.5) is 0 Å². The average molecular weight is 157 g/mol. The van der Waals surface area contributed by atoms with Gasteiger partial charge in [-0.15, -0.1) is 0 Å². The Labute approximate surface area is 69.2 Å². The van der Waals surface area contributed by atoms with E-state index in [4.69, 9.17) is 5.11 Å². The van der Waals surface area contributed by atoms with Crippen LogP contribution in [-0.2, 0) is 0 Å². The molecule has 0 bridgehead atoms. The summed E-state index contributed by atoms with van der Waals surface area (Å²) in [7, 11) is 0. The van der Waals surface area contributed by atoms with Crippen molar-refractivity contribution >= 4 is 0 Å². The fourth-order valence-electron chi connectivity index (χ4n) is 1.58.